The van der Waals surface area contributed by atoms with Crippen LogP contribution in [0.5, 0.6) is 0 Å². The van der Waals surface area contributed by atoms with Crippen LogP contribution in [0.15, 0.2) is 57.8 Å². The first-order valence-electron chi connectivity index (χ1n) is 9.13. The highest BCUT2D eigenvalue weighted by molar-refractivity contribution is 7.90. The highest BCUT2D eigenvalue weighted by atomic mass is 32.2. The van der Waals surface area contributed by atoms with Gasteiger partial charge in [0.05, 0.1) is 10.6 Å². The predicted octanol–water partition coefficient (Wildman–Crippen LogP) is 2.05. The van der Waals surface area contributed by atoms with E-state index in [0.717, 1.165) is 11.2 Å². The molecule has 1 fully saturated rings. The van der Waals surface area contributed by atoms with Gasteiger partial charge in [-0.15, -0.1) is 5.10 Å². The molecule has 1 aliphatic rings. The first-order valence-corrected chi connectivity index (χ1v) is 11.0. The second kappa shape index (κ2) is 7.76. The number of rotatable bonds is 5. The molecule has 3 aromatic rings. The van der Waals surface area contributed by atoms with Crippen molar-refractivity contribution >= 4 is 39.3 Å². The first kappa shape index (κ1) is 20.4. The van der Waals surface area contributed by atoms with Crippen LogP contribution in [-0.4, -0.2) is 42.6 Å². The fourth-order valence-electron chi connectivity index (χ4n) is 3.03. The Balaban J connectivity index is 1.45. The van der Waals surface area contributed by atoms with Crippen molar-refractivity contribution in [2.24, 2.45) is 0 Å². The van der Waals surface area contributed by atoms with Crippen LogP contribution in [0.4, 0.5) is 11.7 Å². The summed E-state index contributed by atoms with van der Waals surface area (Å²) in [7, 11) is -3.32. The molecule has 1 aromatic heterocycles. The Bertz CT molecular complexity index is 1260. The largest absolute Gasteiger partial charge is 0.403 e. The molecule has 4 rings (SSSR count). The van der Waals surface area contributed by atoms with Crippen LogP contribution >= 0.6 is 0 Å². The zero-order chi connectivity index (χ0) is 22.2. The molecule has 1 N–H and O–H groups in total. The summed E-state index contributed by atoms with van der Waals surface area (Å²) in [5.41, 5.74) is 1.16. The van der Waals surface area contributed by atoms with Gasteiger partial charge in [-0.2, -0.15) is 0 Å². The smallest absolute Gasteiger partial charge is 0.322 e. The number of carbonyl (C=O) groups excluding carboxylic acids is 3. The van der Waals surface area contributed by atoms with Gasteiger partial charge in [0.15, 0.2) is 9.84 Å². The third-order valence-electron chi connectivity index (χ3n) is 4.61. The number of nitrogens with one attached hydrogen (secondary N) is 1. The van der Waals surface area contributed by atoms with Crippen molar-refractivity contribution in [1.29, 1.82) is 0 Å². The molecule has 1 aliphatic heterocycles. The highest BCUT2D eigenvalue weighted by Gasteiger charge is 2.30. The van der Waals surface area contributed by atoms with Gasteiger partial charge in [0, 0.05) is 30.2 Å². The molecule has 11 heteroatoms. The van der Waals surface area contributed by atoms with E-state index in [9.17, 15) is 22.8 Å². The van der Waals surface area contributed by atoms with Crippen LogP contribution in [0.25, 0.3) is 11.5 Å². The number of hydrogen-bond acceptors (Lipinski definition) is 8. The van der Waals surface area contributed by atoms with E-state index in [2.05, 4.69) is 15.5 Å². The molecule has 0 aliphatic carbocycles. The zero-order valence-electron chi connectivity index (χ0n) is 16.2. The molecular weight excluding hydrogens is 424 g/mol. The quantitative estimate of drug-likeness (QED) is 0.595. The van der Waals surface area contributed by atoms with Crippen LogP contribution in [0.2, 0.25) is 0 Å². The number of aromatic nitrogens is 2. The fourth-order valence-corrected chi connectivity index (χ4v) is 3.66. The van der Waals surface area contributed by atoms with Crippen LogP contribution in [-0.2, 0) is 19.4 Å². The number of carbonyl (C=O) groups is 3. The Morgan fingerprint density at radius 1 is 0.968 bits per heavy atom. The Hall–Kier alpha value is -3.86. The van der Waals surface area contributed by atoms with E-state index in [1.165, 1.54) is 48.5 Å². The number of amides is 3. The van der Waals surface area contributed by atoms with Gasteiger partial charge in [-0.1, -0.05) is 5.10 Å². The molecule has 158 valence electrons. The lowest BCUT2D eigenvalue weighted by molar-refractivity contribution is -0.121. The molecule has 0 atom stereocenters. The lowest BCUT2D eigenvalue weighted by Gasteiger charge is -2.13. The molecule has 2 aromatic carbocycles. The standard InChI is InChI=1S/C20H16N4O6S/c1-31(28,29)15-8-4-13(5-9-15)19-22-23-20(30-19)21-18(27)12-2-6-14(7-3-12)24-16(25)10-11-17(24)26/h2-9H,10-11H2,1H3,(H,21,23,27). The molecule has 1 saturated heterocycles. The maximum absolute atomic E-state index is 12.4. The summed E-state index contributed by atoms with van der Waals surface area (Å²) in [5, 5.41) is 10.1. The number of sulfone groups is 1. The minimum absolute atomic E-state index is 0.108. The Morgan fingerprint density at radius 3 is 2.16 bits per heavy atom. The van der Waals surface area contributed by atoms with Crippen molar-refractivity contribution in [2.75, 3.05) is 16.5 Å². The summed E-state index contributed by atoms with van der Waals surface area (Å²) in [4.78, 5) is 37.3. The third-order valence-corrected chi connectivity index (χ3v) is 5.74. The minimum Gasteiger partial charge on any atom is -0.403 e. The first-order chi connectivity index (χ1) is 14.7. The fraction of sp³-hybridized carbons (Fsp3) is 0.150. The van der Waals surface area contributed by atoms with E-state index in [0.29, 0.717) is 11.3 Å². The van der Waals surface area contributed by atoms with E-state index >= 15 is 0 Å². The second-order valence-corrected chi connectivity index (χ2v) is 8.85. The molecule has 31 heavy (non-hydrogen) atoms. The number of nitrogens with zero attached hydrogens (tertiary/aromatic N) is 3. The average molecular weight is 440 g/mol. The van der Waals surface area contributed by atoms with Crippen molar-refractivity contribution in [2.45, 2.75) is 17.7 Å². The minimum atomic E-state index is -3.32. The van der Waals surface area contributed by atoms with Crippen molar-refractivity contribution in [3.63, 3.8) is 0 Å². The SMILES string of the molecule is CS(=O)(=O)c1ccc(-c2nnc(NC(=O)c3ccc(N4C(=O)CCC4=O)cc3)o2)cc1. The molecule has 0 saturated carbocycles. The van der Waals surface area contributed by atoms with E-state index in [4.69, 9.17) is 4.42 Å². The zero-order valence-corrected chi connectivity index (χ0v) is 17.0. The maximum atomic E-state index is 12.4. The van der Waals surface area contributed by atoms with E-state index in [1.54, 1.807) is 0 Å². The molecule has 0 unspecified atom stereocenters. The van der Waals surface area contributed by atoms with Gasteiger partial charge >= 0.3 is 6.01 Å². The van der Waals surface area contributed by atoms with Crippen LogP contribution in [0.1, 0.15) is 23.2 Å². The molecule has 0 radical (unpaired) electrons. The average Bonchev–Trinajstić information content (AvgIpc) is 3.34. The number of hydrogen-bond donors (Lipinski definition) is 1. The second-order valence-electron chi connectivity index (χ2n) is 6.83. The van der Waals surface area contributed by atoms with Gasteiger partial charge in [0.25, 0.3) is 5.91 Å². The molecule has 10 nitrogen and oxygen atoms in total. The number of imide groups is 1. The summed E-state index contributed by atoms with van der Waals surface area (Å²) in [6.45, 7) is 0. The van der Waals surface area contributed by atoms with Crippen LogP contribution < -0.4 is 10.2 Å². The summed E-state index contributed by atoms with van der Waals surface area (Å²) in [5.74, 6) is -0.958. The summed E-state index contributed by atoms with van der Waals surface area (Å²) < 4.78 is 28.5. The molecular formula is C20H16N4O6S. The van der Waals surface area contributed by atoms with Gasteiger partial charge in [-0.05, 0) is 48.5 Å². The summed E-state index contributed by atoms with van der Waals surface area (Å²) in [6, 6.07) is 11.7. The Kier molecular flexibility index (Phi) is 5.11. The van der Waals surface area contributed by atoms with Crippen LogP contribution in [0.3, 0.4) is 0 Å². The van der Waals surface area contributed by atoms with Crippen molar-refractivity contribution in [3.05, 3.63) is 54.1 Å². The summed E-state index contributed by atoms with van der Waals surface area (Å²) >= 11 is 0. The van der Waals surface area contributed by atoms with Gasteiger partial charge in [-0.3, -0.25) is 24.6 Å². The van der Waals surface area contributed by atoms with Crippen molar-refractivity contribution < 1.29 is 27.2 Å². The van der Waals surface area contributed by atoms with Crippen molar-refractivity contribution in [3.8, 4) is 11.5 Å². The van der Waals surface area contributed by atoms with Gasteiger partial charge in [-0.25, -0.2) is 8.42 Å². The predicted molar refractivity (Wildman–Crippen MR) is 109 cm³/mol. The van der Waals surface area contributed by atoms with Gasteiger partial charge < -0.3 is 4.42 Å². The van der Waals surface area contributed by atoms with Crippen LogP contribution in [0, 0.1) is 0 Å². The lowest BCUT2D eigenvalue weighted by Crippen LogP contribution is -2.28. The highest BCUT2D eigenvalue weighted by Crippen LogP contribution is 2.24. The molecule has 2 heterocycles. The Labute approximate surface area is 176 Å². The molecule has 0 spiro atoms. The lowest BCUT2D eigenvalue weighted by atomic mass is 10.2. The van der Waals surface area contributed by atoms with E-state index in [-0.39, 0.29) is 47.0 Å². The summed E-state index contributed by atoms with van der Waals surface area (Å²) in [6.07, 6.45) is 1.46. The Morgan fingerprint density at radius 2 is 1.58 bits per heavy atom. The van der Waals surface area contributed by atoms with Gasteiger partial charge in [0.2, 0.25) is 17.7 Å². The van der Waals surface area contributed by atoms with Crippen molar-refractivity contribution in [1.82, 2.24) is 10.2 Å². The van der Waals surface area contributed by atoms with E-state index < -0.39 is 15.7 Å². The third kappa shape index (κ3) is 4.21. The maximum Gasteiger partial charge on any atom is 0.322 e. The molecule has 3 amide bonds. The topological polar surface area (TPSA) is 140 Å². The number of anilines is 2. The molecule has 0 bridgehead atoms. The normalized spacial score (nSPS) is 14.2. The number of benzene rings is 2. The monoisotopic (exact) mass is 440 g/mol. The van der Waals surface area contributed by atoms with E-state index in [1.807, 2.05) is 0 Å². The van der Waals surface area contributed by atoms with Gasteiger partial charge in [0.1, 0.15) is 0 Å².